The Kier molecular flexibility index (Phi) is 7.71. The van der Waals surface area contributed by atoms with Crippen molar-refractivity contribution < 1.29 is 17.9 Å². The summed E-state index contributed by atoms with van der Waals surface area (Å²) in [6.07, 6.45) is 2.64. The zero-order chi connectivity index (χ0) is 14.1. The van der Waals surface area contributed by atoms with Crippen molar-refractivity contribution >= 4 is 0 Å². The molecule has 0 heterocycles. The van der Waals surface area contributed by atoms with Gasteiger partial charge in [0.25, 0.3) is 0 Å². The van der Waals surface area contributed by atoms with Gasteiger partial charge in [0.05, 0.1) is 6.61 Å². The van der Waals surface area contributed by atoms with Gasteiger partial charge in [-0.15, -0.1) is 0 Å². The molecule has 3 nitrogen and oxygen atoms in total. The van der Waals surface area contributed by atoms with Crippen molar-refractivity contribution in [1.82, 2.24) is 4.90 Å². The van der Waals surface area contributed by atoms with Crippen LogP contribution in [0, 0.1) is 0 Å². The van der Waals surface area contributed by atoms with E-state index in [0.29, 0.717) is 19.1 Å². The van der Waals surface area contributed by atoms with Gasteiger partial charge in [0, 0.05) is 12.6 Å². The number of rotatable bonds is 8. The monoisotopic (exact) mass is 282 g/mol. The highest BCUT2D eigenvalue weighted by Gasteiger charge is 2.27. The van der Waals surface area contributed by atoms with Gasteiger partial charge in [-0.3, -0.25) is 4.90 Å². The lowest BCUT2D eigenvalue weighted by Gasteiger charge is -2.34. The first-order valence-corrected chi connectivity index (χ1v) is 7.11. The number of hydrogen-bond donors (Lipinski definition) is 1. The standard InChI is InChI=1S/C13H25F3N2O/c14-13(15,16)11-19-10-9-18(8-4-7-17)12-5-2-1-3-6-12/h12H,1-11,17H2. The third kappa shape index (κ3) is 7.74. The fourth-order valence-electron chi connectivity index (χ4n) is 2.59. The molecule has 6 heteroatoms. The van der Waals surface area contributed by atoms with Crippen molar-refractivity contribution in [2.45, 2.75) is 50.7 Å². The predicted octanol–water partition coefficient (Wildman–Crippen LogP) is 2.55. The van der Waals surface area contributed by atoms with E-state index >= 15 is 0 Å². The average molecular weight is 282 g/mol. The summed E-state index contributed by atoms with van der Waals surface area (Å²) in [6.45, 7) is 1.03. The first-order chi connectivity index (χ1) is 9.03. The predicted molar refractivity (Wildman–Crippen MR) is 69.0 cm³/mol. The van der Waals surface area contributed by atoms with E-state index in [1.54, 1.807) is 0 Å². The summed E-state index contributed by atoms with van der Waals surface area (Å²) in [7, 11) is 0. The number of halogens is 3. The molecule has 0 aromatic carbocycles. The molecule has 1 aliphatic rings. The molecular formula is C13H25F3N2O. The fourth-order valence-corrected chi connectivity index (χ4v) is 2.59. The summed E-state index contributed by atoms with van der Waals surface area (Å²) >= 11 is 0. The van der Waals surface area contributed by atoms with E-state index in [1.165, 1.54) is 19.3 Å². The average Bonchev–Trinajstić information content (AvgIpc) is 2.38. The second-order valence-electron chi connectivity index (χ2n) is 5.14. The molecule has 0 atom stereocenters. The summed E-state index contributed by atoms with van der Waals surface area (Å²) in [5, 5.41) is 0. The third-order valence-electron chi connectivity index (χ3n) is 3.53. The molecule has 1 rings (SSSR count). The van der Waals surface area contributed by atoms with Gasteiger partial charge in [0.15, 0.2) is 0 Å². The first kappa shape index (κ1) is 16.7. The minimum Gasteiger partial charge on any atom is -0.371 e. The highest BCUT2D eigenvalue weighted by atomic mass is 19.4. The molecule has 19 heavy (non-hydrogen) atoms. The van der Waals surface area contributed by atoms with Crippen LogP contribution in [-0.2, 0) is 4.74 Å². The number of alkyl halides is 3. The second kappa shape index (κ2) is 8.76. The third-order valence-corrected chi connectivity index (χ3v) is 3.53. The lowest BCUT2D eigenvalue weighted by molar-refractivity contribution is -0.174. The Balaban J connectivity index is 2.28. The van der Waals surface area contributed by atoms with Gasteiger partial charge in [-0.05, 0) is 32.4 Å². The summed E-state index contributed by atoms with van der Waals surface area (Å²) in [5.74, 6) is 0. The zero-order valence-corrected chi connectivity index (χ0v) is 11.4. The molecule has 1 aliphatic carbocycles. The Morgan fingerprint density at radius 1 is 1.11 bits per heavy atom. The number of nitrogens with two attached hydrogens (primary N) is 1. The Morgan fingerprint density at radius 3 is 2.37 bits per heavy atom. The van der Waals surface area contributed by atoms with Gasteiger partial charge in [-0.2, -0.15) is 13.2 Å². The number of nitrogens with zero attached hydrogens (tertiary/aromatic N) is 1. The molecule has 0 aromatic heterocycles. The summed E-state index contributed by atoms with van der Waals surface area (Å²) in [6, 6.07) is 0.495. The van der Waals surface area contributed by atoms with Crippen molar-refractivity contribution in [2.75, 3.05) is 32.8 Å². The molecule has 114 valence electrons. The lowest BCUT2D eigenvalue weighted by Crippen LogP contribution is -2.40. The molecule has 0 amide bonds. The van der Waals surface area contributed by atoms with E-state index in [-0.39, 0.29) is 6.61 Å². The minimum absolute atomic E-state index is 0.139. The molecule has 0 saturated heterocycles. The summed E-state index contributed by atoms with van der Waals surface area (Å²) in [4.78, 5) is 2.25. The molecule has 0 unspecified atom stereocenters. The maximum absolute atomic E-state index is 12.0. The molecular weight excluding hydrogens is 257 g/mol. The van der Waals surface area contributed by atoms with Crippen LogP contribution in [0.15, 0.2) is 0 Å². The van der Waals surface area contributed by atoms with Crippen molar-refractivity contribution in [3.8, 4) is 0 Å². The Labute approximate surface area is 113 Å². The Hall–Kier alpha value is -0.330. The van der Waals surface area contributed by atoms with Crippen molar-refractivity contribution in [2.24, 2.45) is 5.73 Å². The smallest absolute Gasteiger partial charge is 0.371 e. The largest absolute Gasteiger partial charge is 0.411 e. The van der Waals surface area contributed by atoms with E-state index in [1.807, 2.05) is 0 Å². The minimum atomic E-state index is -4.23. The van der Waals surface area contributed by atoms with Gasteiger partial charge in [-0.1, -0.05) is 19.3 Å². The molecule has 1 saturated carbocycles. The van der Waals surface area contributed by atoms with Gasteiger partial charge < -0.3 is 10.5 Å². The van der Waals surface area contributed by atoms with Crippen molar-refractivity contribution in [1.29, 1.82) is 0 Å². The summed E-state index contributed by atoms with van der Waals surface area (Å²) in [5.41, 5.74) is 5.51. The van der Waals surface area contributed by atoms with E-state index in [2.05, 4.69) is 4.90 Å². The van der Waals surface area contributed by atoms with Crippen LogP contribution in [-0.4, -0.2) is 50.0 Å². The van der Waals surface area contributed by atoms with Crippen molar-refractivity contribution in [3.05, 3.63) is 0 Å². The van der Waals surface area contributed by atoms with Crippen LogP contribution in [0.25, 0.3) is 0 Å². The summed E-state index contributed by atoms with van der Waals surface area (Å²) < 4.78 is 40.6. The normalized spacial score (nSPS) is 18.2. The van der Waals surface area contributed by atoms with Crippen LogP contribution in [0.3, 0.4) is 0 Å². The van der Waals surface area contributed by atoms with Crippen LogP contribution in [0.5, 0.6) is 0 Å². The van der Waals surface area contributed by atoms with Crippen molar-refractivity contribution in [3.63, 3.8) is 0 Å². The van der Waals surface area contributed by atoms with Gasteiger partial charge in [0.1, 0.15) is 6.61 Å². The van der Waals surface area contributed by atoms with E-state index in [9.17, 15) is 13.2 Å². The molecule has 0 aromatic rings. The fraction of sp³-hybridized carbons (Fsp3) is 1.00. The Morgan fingerprint density at radius 2 is 1.79 bits per heavy atom. The van der Waals surface area contributed by atoms with E-state index in [0.717, 1.165) is 25.8 Å². The second-order valence-corrected chi connectivity index (χ2v) is 5.14. The lowest BCUT2D eigenvalue weighted by atomic mass is 9.94. The van der Waals surface area contributed by atoms with E-state index < -0.39 is 12.8 Å². The maximum Gasteiger partial charge on any atom is 0.411 e. The van der Waals surface area contributed by atoms with Gasteiger partial charge in [0.2, 0.25) is 0 Å². The van der Waals surface area contributed by atoms with Crippen LogP contribution >= 0.6 is 0 Å². The van der Waals surface area contributed by atoms with Crippen LogP contribution in [0.1, 0.15) is 38.5 Å². The molecule has 2 N–H and O–H groups in total. The van der Waals surface area contributed by atoms with E-state index in [4.69, 9.17) is 10.5 Å². The molecule has 0 spiro atoms. The maximum atomic E-state index is 12.0. The quantitative estimate of drug-likeness (QED) is 0.695. The number of ether oxygens (including phenoxy) is 1. The topological polar surface area (TPSA) is 38.5 Å². The van der Waals surface area contributed by atoms with Crippen LogP contribution in [0.2, 0.25) is 0 Å². The highest BCUT2D eigenvalue weighted by Crippen LogP contribution is 2.22. The number of hydrogen-bond acceptors (Lipinski definition) is 3. The molecule has 0 bridgehead atoms. The van der Waals surface area contributed by atoms with Crippen LogP contribution in [0.4, 0.5) is 13.2 Å². The molecule has 0 radical (unpaired) electrons. The molecule has 1 fully saturated rings. The van der Waals surface area contributed by atoms with Gasteiger partial charge >= 0.3 is 6.18 Å². The van der Waals surface area contributed by atoms with Gasteiger partial charge in [-0.25, -0.2) is 0 Å². The van der Waals surface area contributed by atoms with Crippen LogP contribution < -0.4 is 5.73 Å². The highest BCUT2D eigenvalue weighted by molar-refractivity contribution is 4.76. The first-order valence-electron chi connectivity index (χ1n) is 7.11. The SMILES string of the molecule is NCCCN(CCOCC(F)(F)F)C1CCCCC1. The Bertz CT molecular complexity index is 230. The zero-order valence-electron chi connectivity index (χ0n) is 11.4. The molecule has 0 aliphatic heterocycles.